The van der Waals surface area contributed by atoms with E-state index in [0.29, 0.717) is 17.0 Å². The molecule has 0 spiro atoms. The smallest absolute Gasteiger partial charge is 0.262 e. The van der Waals surface area contributed by atoms with Crippen molar-refractivity contribution in [3.63, 3.8) is 0 Å². The quantitative estimate of drug-likeness (QED) is 0.909. The van der Waals surface area contributed by atoms with Crippen LogP contribution in [-0.2, 0) is 10.0 Å². The van der Waals surface area contributed by atoms with Gasteiger partial charge >= 0.3 is 0 Å². The molecule has 2 aromatic rings. The molecular weight excluding hydrogens is 298 g/mol. The lowest BCUT2D eigenvalue weighted by molar-refractivity contribution is 0.244. The number of anilines is 1. The molecule has 2 rings (SSSR count). The summed E-state index contributed by atoms with van der Waals surface area (Å²) in [5.74, 6) is 0.520. The second-order valence-corrected chi connectivity index (χ2v) is 7.19. The molecule has 0 aliphatic rings. The molecule has 5 heteroatoms. The summed E-state index contributed by atoms with van der Waals surface area (Å²) in [6, 6.07) is 12.4. The third-order valence-electron chi connectivity index (χ3n) is 3.13. The third-order valence-corrected chi connectivity index (χ3v) is 4.63. The highest BCUT2D eigenvalue weighted by atomic mass is 32.2. The van der Waals surface area contributed by atoms with Gasteiger partial charge in [-0.25, -0.2) is 8.42 Å². The van der Waals surface area contributed by atoms with E-state index in [-0.39, 0.29) is 11.0 Å². The van der Waals surface area contributed by atoms with Crippen molar-refractivity contribution in [2.75, 3.05) is 4.72 Å². The van der Waals surface area contributed by atoms with E-state index in [9.17, 15) is 8.42 Å². The summed E-state index contributed by atoms with van der Waals surface area (Å²) in [5.41, 5.74) is 2.05. The lowest BCUT2D eigenvalue weighted by Gasteiger charge is -2.16. The minimum absolute atomic E-state index is 0.0358. The normalized spacial score (nSPS) is 11.5. The fourth-order valence-electron chi connectivity index (χ4n) is 2.10. The second kappa shape index (κ2) is 6.40. The number of nitrogens with one attached hydrogen (secondary N) is 1. The van der Waals surface area contributed by atoms with Crippen LogP contribution in [0.3, 0.4) is 0 Å². The van der Waals surface area contributed by atoms with Crippen molar-refractivity contribution in [1.82, 2.24) is 0 Å². The van der Waals surface area contributed by atoms with Crippen LogP contribution in [0.15, 0.2) is 47.4 Å². The fraction of sp³-hybridized carbons (Fsp3) is 0.294. The Labute approximate surface area is 132 Å². The van der Waals surface area contributed by atoms with Crippen LogP contribution in [0.2, 0.25) is 0 Å². The van der Waals surface area contributed by atoms with Crippen molar-refractivity contribution in [2.45, 2.75) is 38.7 Å². The monoisotopic (exact) mass is 319 g/mol. The predicted octanol–water partition coefficient (Wildman–Crippen LogP) is 3.89. The van der Waals surface area contributed by atoms with E-state index in [1.807, 2.05) is 32.9 Å². The molecule has 22 heavy (non-hydrogen) atoms. The zero-order chi connectivity index (χ0) is 16.3. The number of para-hydroxylation sites is 2. The molecule has 0 radical (unpaired) electrons. The van der Waals surface area contributed by atoms with Gasteiger partial charge in [-0.1, -0.05) is 24.3 Å². The van der Waals surface area contributed by atoms with E-state index in [1.54, 1.807) is 37.3 Å². The Morgan fingerprint density at radius 3 is 2.41 bits per heavy atom. The molecule has 0 atom stereocenters. The molecule has 0 bridgehead atoms. The SMILES string of the molecule is Cc1ccc(C)c(S(=O)(=O)Nc2ccccc2OC(C)C)c1. The number of aryl methyl sites for hydroxylation is 2. The molecule has 0 aliphatic carbocycles. The van der Waals surface area contributed by atoms with Gasteiger partial charge in [0.05, 0.1) is 16.7 Å². The highest BCUT2D eigenvalue weighted by Gasteiger charge is 2.19. The second-order valence-electron chi connectivity index (χ2n) is 5.54. The summed E-state index contributed by atoms with van der Waals surface area (Å²) in [5, 5.41) is 0. The van der Waals surface area contributed by atoms with E-state index in [2.05, 4.69) is 4.72 Å². The van der Waals surface area contributed by atoms with Crippen molar-refractivity contribution in [3.05, 3.63) is 53.6 Å². The largest absolute Gasteiger partial charge is 0.489 e. The maximum atomic E-state index is 12.6. The van der Waals surface area contributed by atoms with Gasteiger partial charge in [-0.05, 0) is 57.0 Å². The maximum absolute atomic E-state index is 12.6. The van der Waals surface area contributed by atoms with Crippen LogP contribution in [0.1, 0.15) is 25.0 Å². The van der Waals surface area contributed by atoms with Gasteiger partial charge in [0, 0.05) is 0 Å². The summed E-state index contributed by atoms with van der Waals surface area (Å²) in [6.45, 7) is 7.45. The molecule has 1 N–H and O–H groups in total. The van der Waals surface area contributed by atoms with Gasteiger partial charge in [0.2, 0.25) is 0 Å². The number of sulfonamides is 1. The molecule has 0 aliphatic heterocycles. The van der Waals surface area contributed by atoms with Crippen LogP contribution < -0.4 is 9.46 Å². The number of ether oxygens (including phenoxy) is 1. The number of rotatable bonds is 5. The van der Waals surface area contributed by atoms with Gasteiger partial charge in [0.25, 0.3) is 10.0 Å². The minimum Gasteiger partial charge on any atom is -0.489 e. The van der Waals surface area contributed by atoms with Crippen molar-refractivity contribution >= 4 is 15.7 Å². The summed E-state index contributed by atoms with van der Waals surface area (Å²) in [6.07, 6.45) is -0.0358. The maximum Gasteiger partial charge on any atom is 0.262 e. The van der Waals surface area contributed by atoms with Gasteiger partial charge in [-0.3, -0.25) is 4.72 Å². The average molecular weight is 319 g/mol. The molecule has 0 aromatic heterocycles. The molecule has 4 nitrogen and oxygen atoms in total. The van der Waals surface area contributed by atoms with Crippen LogP contribution in [0.25, 0.3) is 0 Å². The number of benzene rings is 2. The average Bonchev–Trinajstić information content (AvgIpc) is 2.43. The number of hydrogen-bond acceptors (Lipinski definition) is 3. The molecule has 0 saturated carbocycles. The number of hydrogen-bond donors (Lipinski definition) is 1. The van der Waals surface area contributed by atoms with Crippen molar-refractivity contribution in [2.24, 2.45) is 0 Å². The van der Waals surface area contributed by atoms with Crippen molar-refractivity contribution < 1.29 is 13.2 Å². The van der Waals surface area contributed by atoms with E-state index in [1.165, 1.54) is 0 Å². The standard InChI is InChI=1S/C17H21NO3S/c1-12(2)21-16-8-6-5-7-15(16)18-22(19,20)17-11-13(3)9-10-14(17)4/h5-12,18H,1-4H3. The van der Waals surface area contributed by atoms with Gasteiger partial charge in [-0.2, -0.15) is 0 Å². The van der Waals surface area contributed by atoms with Crippen LogP contribution in [0, 0.1) is 13.8 Å². The Morgan fingerprint density at radius 1 is 1.05 bits per heavy atom. The van der Waals surface area contributed by atoms with Crippen LogP contribution in [0.5, 0.6) is 5.75 Å². The molecule has 2 aromatic carbocycles. The molecule has 0 heterocycles. The van der Waals surface area contributed by atoms with Gasteiger partial charge in [-0.15, -0.1) is 0 Å². The summed E-state index contributed by atoms with van der Waals surface area (Å²) >= 11 is 0. The molecule has 118 valence electrons. The first-order chi connectivity index (χ1) is 10.3. The Bertz CT molecular complexity index is 767. The lowest BCUT2D eigenvalue weighted by Crippen LogP contribution is -2.16. The zero-order valence-electron chi connectivity index (χ0n) is 13.3. The van der Waals surface area contributed by atoms with E-state index < -0.39 is 10.0 Å². The van der Waals surface area contributed by atoms with E-state index in [0.717, 1.165) is 5.56 Å². The first-order valence-electron chi connectivity index (χ1n) is 7.15. The Hall–Kier alpha value is -2.01. The van der Waals surface area contributed by atoms with Crippen LogP contribution in [-0.4, -0.2) is 14.5 Å². The van der Waals surface area contributed by atoms with E-state index >= 15 is 0 Å². The molecule has 0 unspecified atom stereocenters. The summed E-state index contributed by atoms with van der Waals surface area (Å²) < 4.78 is 33.6. The molecule has 0 amide bonds. The van der Waals surface area contributed by atoms with Crippen molar-refractivity contribution in [1.29, 1.82) is 0 Å². The Kier molecular flexibility index (Phi) is 4.76. The first kappa shape index (κ1) is 16.4. The Morgan fingerprint density at radius 2 is 1.73 bits per heavy atom. The van der Waals surface area contributed by atoms with Crippen LogP contribution >= 0.6 is 0 Å². The van der Waals surface area contributed by atoms with E-state index in [4.69, 9.17) is 4.74 Å². The van der Waals surface area contributed by atoms with Gasteiger partial charge in [0.15, 0.2) is 0 Å². The topological polar surface area (TPSA) is 55.4 Å². The van der Waals surface area contributed by atoms with Crippen molar-refractivity contribution in [3.8, 4) is 5.75 Å². The first-order valence-corrected chi connectivity index (χ1v) is 8.63. The molecule has 0 fully saturated rings. The summed E-state index contributed by atoms with van der Waals surface area (Å²) in [4.78, 5) is 0.284. The summed E-state index contributed by atoms with van der Waals surface area (Å²) in [7, 11) is -3.65. The van der Waals surface area contributed by atoms with Gasteiger partial charge < -0.3 is 4.74 Å². The van der Waals surface area contributed by atoms with Crippen LogP contribution in [0.4, 0.5) is 5.69 Å². The highest BCUT2D eigenvalue weighted by Crippen LogP contribution is 2.28. The predicted molar refractivity (Wildman–Crippen MR) is 88.9 cm³/mol. The van der Waals surface area contributed by atoms with Gasteiger partial charge in [0.1, 0.15) is 5.75 Å². The minimum atomic E-state index is -3.65. The Balaban J connectivity index is 2.39. The highest BCUT2D eigenvalue weighted by molar-refractivity contribution is 7.92. The zero-order valence-corrected chi connectivity index (χ0v) is 14.1. The lowest BCUT2D eigenvalue weighted by atomic mass is 10.2. The fourth-order valence-corrected chi connectivity index (χ4v) is 3.51. The third kappa shape index (κ3) is 3.80. The molecular formula is C17H21NO3S. The molecule has 0 saturated heterocycles.